The topological polar surface area (TPSA) is 66.7 Å². The first-order valence-corrected chi connectivity index (χ1v) is 3.53. The summed E-state index contributed by atoms with van der Waals surface area (Å²) in [6.45, 7) is 3.55. The molecule has 12 heavy (non-hydrogen) atoms. The molecule has 0 unspecified atom stereocenters. The van der Waals surface area contributed by atoms with E-state index in [2.05, 4.69) is 4.99 Å². The molecule has 0 aromatic carbocycles. The highest BCUT2D eigenvalue weighted by atomic mass is 16.4. The van der Waals surface area contributed by atoms with E-state index in [0.29, 0.717) is 18.5 Å². The minimum Gasteiger partial charge on any atom is -0.478 e. The number of hydrogen-bond donors (Lipinski definition) is 1. The van der Waals surface area contributed by atoms with Crippen LogP contribution in [0.3, 0.4) is 0 Å². The quantitative estimate of drug-likeness (QED) is 0.389. The van der Waals surface area contributed by atoms with Gasteiger partial charge in [-0.15, -0.1) is 0 Å². The normalized spacial score (nSPS) is 11.5. The van der Waals surface area contributed by atoms with Gasteiger partial charge < -0.3 is 5.11 Å². The first-order valence-electron chi connectivity index (χ1n) is 3.53. The van der Waals surface area contributed by atoms with Crippen LogP contribution in [0.25, 0.3) is 0 Å². The first-order chi connectivity index (χ1) is 5.59. The molecule has 0 saturated heterocycles. The van der Waals surface area contributed by atoms with Crippen LogP contribution in [0, 0.1) is 0 Å². The van der Waals surface area contributed by atoms with Crippen LogP contribution in [0.5, 0.6) is 0 Å². The fourth-order valence-corrected chi connectivity index (χ4v) is 0.639. The van der Waals surface area contributed by atoms with Gasteiger partial charge in [0.15, 0.2) is 0 Å². The van der Waals surface area contributed by atoms with Crippen LogP contribution in [-0.4, -0.2) is 23.7 Å². The van der Waals surface area contributed by atoms with Gasteiger partial charge in [-0.1, -0.05) is 5.57 Å². The van der Waals surface area contributed by atoms with Crippen molar-refractivity contribution < 1.29 is 14.7 Å². The van der Waals surface area contributed by atoms with E-state index in [1.54, 1.807) is 6.92 Å². The molecule has 0 atom stereocenters. The van der Waals surface area contributed by atoms with Crippen LogP contribution in [0.1, 0.15) is 20.3 Å². The summed E-state index contributed by atoms with van der Waals surface area (Å²) in [5, 5.41) is 8.54. The Morgan fingerprint density at radius 3 is 2.50 bits per heavy atom. The van der Waals surface area contributed by atoms with Crippen molar-refractivity contribution in [2.75, 3.05) is 6.54 Å². The van der Waals surface area contributed by atoms with Crippen molar-refractivity contribution >= 4 is 12.0 Å². The van der Waals surface area contributed by atoms with Crippen LogP contribution in [0.2, 0.25) is 0 Å². The maximum absolute atomic E-state index is 10.4. The number of hydrogen-bond acceptors (Lipinski definition) is 3. The fraction of sp³-hybridized carbons (Fsp3) is 0.500. The lowest BCUT2D eigenvalue weighted by Gasteiger charge is -1.99. The van der Waals surface area contributed by atoms with E-state index in [-0.39, 0.29) is 0 Å². The van der Waals surface area contributed by atoms with E-state index in [0.717, 1.165) is 5.57 Å². The minimum absolute atomic E-state index is 0.306. The second kappa shape index (κ2) is 5.27. The Labute approximate surface area is 70.6 Å². The molecule has 0 aliphatic rings. The predicted octanol–water partition coefficient (Wildman–Crippen LogP) is 1.13. The molecule has 0 heterocycles. The number of carbonyl (C=O) groups is 1. The Balaban J connectivity index is 4.17. The Bertz CT molecular complexity index is 249. The van der Waals surface area contributed by atoms with Gasteiger partial charge in [0.05, 0.1) is 6.54 Å². The maximum atomic E-state index is 10.4. The average Bonchev–Trinajstić information content (AvgIpc) is 2.03. The molecule has 0 bridgehead atoms. The maximum Gasteiger partial charge on any atom is 0.331 e. The number of aliphatic imine (C=N–C) groups is 1. The van der Waals surface area contributed by atoms with Crippen molar-refractivity contribution in [1.29, 1.82) is 0 Å². The molecule has 0 aromatic rings. The molecule has 0 aliphatic carbocycles. The Hall–Kier alpha value is -1.41. The summed E-state index contributed by atoms with van der Waals surface area (Å²) in [5.74, 6) is -0.928. The highest BCUT2D eigenvalue weighted by Crippen LogP contribution is 2.07. The lowest BCUT2D eigenvalue weighted by Crippen LogP contribution is -2.00. The van der Waals surface area contributed by atoms with Gasteiger partial charge in [0.25, 0.3) is 0 Å². The van der Waals surface area contributed by atoms with Crippen LogP contribution in [-0.2, 0) is 9.59 Å². The summed E-state index contributed by atoms with van der Waals surface area (Å²) in [5.41, 5.74) is 1.05. The molecule has 0 aliphatic heterocycles. The zero-order chi connectivity index (χ0) is 9.56. The van der Waals surface area contributed by atoms with Gasteiger partial charge in [-0.25, -0.2) is 14.6 Å². The van der Waals surface area contributed by atoms with Crippen molar-refractivity contribution in [1.82, 2.24) is 0 Å². The number of isocyanates is 1. The van der Waals surface area contributed by atoms with Gasteiger partial charge >= 0.3 is 5.97 Å². The molecule has 0 amide bonds. The van der Waals surface area contributed by atoms with Crippen LogP contribution in [0.4, 0.5) is 0 Å². The van der Waals surface area contributed by atoms with Crippen LogP contribution < -0.4 is 0 Å². The molecule has 4 heteroatoms. The Kier molecular flexibility index (Phi) is 4.65. The molecule has 0 radical (unpaired) electrons. The highest BCUT2D eigenvalue weighted by molar-refractivity contribution is 5.86. The third-order valence-electron chi connectivity index (χ3n) is 1.62. The second-order valence-corrected chi connectivity index (χ2v) is 2.43. The van der Waals surface area contributed by atoms with Crippen molar-refractivity contribution in [3.05, 3.63) is 11.1 Å². The second-order valence-electron chi connectivity index (χ2n) is 2.43. The predicted molar refractivity (Wildman–Crippen MR) is 43.6 cm³/mol. The molecular weight excluding hydrogens is 158 g/mol. The van der Waals surface area contributed by atoms with Crippen LogP contribution in [0.15, 0.2) is 16.1 Å². The summed E-state index contributed by atoms with van der Waals surface area (Å²) in [6, 6.07) is 0. The summed E-state index contributed by atoms with van der Waals surface area (Å²) < 4.78 is 0. The third kappa shape index (κ3) is 3.68. The van der Waals surface area contributed by atoms with Crippen molar-refractivity contribution in [2.45, 2.75) is 20.3 Å². The minimum atomic E-state index is -0.928. The van der Waals surface area contributed by atoms with E-state index < -0.39 is 5.97 Å². The van der Waals surface area contributed by atoms with Gasteiger partial charge in [-0.05, 0) is 20.3 Å². The molecule has 0 saturated carbocycles. The van der Waals surface area contributed by atoms with E-state index in [1.807, 2.05) is 0 Å². The number of nitrogens with zero attached hydrogens (tertiary/aromatic N) is 1. The van der Waals surface area contributed by atoms with Gasteiger partial charge in [0.1, 0.15) is 0 Å². The lowest BCUT2D eigenvalue weighted by atomic mass is 10.1. The van der Waals surface area contributed by atoms with Crippen molar-refractivity contribution in [3.8, 4) is 0 Å². The van der Waals surface area contributed by atoms with Crippen molar-refractivity contribution in [3.63, 3.8) is 0 Å². The number of carboxylic acids is 1. The summed E-state index contributed by atoms with van der Waals surface area (Å²) in [4.78, 5) is 23.4. The molecule has 0 fully saturated rings. The standard InChI is InChI=1S/C8H11NO3/c1-6(3-4-9-5-10)7(2)8(11)12/h3-4H2,1-2H3,(H,11,12)/b7-6-. The van der Waals surface area contributed by atoms with Crippen LogP contribution >= 0.6 is 0 Å². The summed E-state index contributed by atoms with van der Waals surface area (Å²) in [7, 11) is 0. The molecule has 4 nitrogen and oxygen atoms in total. The molecule has 1 N–H and O–H groups in total. The summed E-state index contributed by atoms with van der Waals surface area (Å²) in [6.07, 6.45) is 1.89. The zero-order valence-electron chi connectivity index (χ0n) is 7.13. The van der Waals surface area contributed by atoms with E-state index in [9.17, 15) is 9.59 Å². The largest absolute Gasteiger partial charge is 0.478 e. The Morgan fingerprint density at radius 1 is 1.50 bits per heavy atom. The smallest absolute Gasteiger partial charge is 0.331 e. The fourth-order valence-electron chi connectivity index (χ4n) is 0.639. The van der Waals surface area contributed by atoms with E-state index in [4.69, 9.17) is 5.11 Å². The van der Waals surface area contributed by atoms with E-state index >= 15 is 0 Å². The van der Waals surface area contributed by atoms with Gasteiger partial charge in [-0.2, -0.15) is 0 Å². The number of aliphatic carboxylic acids is 1. The lowest BCUT2D eigenvalue weighted by molar-refractivity contribution is -0.132. The monoisotopic (exact) mass is 169 g/mol. The highest BCUT2D eigenvalue weighted by Gasteiger charge is 2.03. The average molecular weight is 169 g/mol. The van der Waals surface area contributed by atoms with Gasteiger partial charge in [0.2, 0.25) is 6.08 Å². The number of carbonyl (C=O) groups excluding carboxylic acids is 1. The molecule has 0 aromatic heterocycles. The number of rotatable bonds is 4. The van der Waals surface area contributed by atoms with E-state index in [1.165, 1.54) is 13.0 Å². The van der Waals surface area contributed by atoms with Gasteiger partial charge in [0, 0.05) is 5.57 Å². The molecule has 0 rings (SSSR count). The zero-order valence-corrected chi connectivity index (χ0v) is 7.13. The van der Waals surface area contributed by atoms with Gasteiger partial charge in [-0.3, -0.25) is 0 Å². The SMILES string of the molecule is C/C(CCN=C=O)=C(\C)C(=O)O. The first kappa shape index (κ1) is 10.6. The third-order valence-corrected chi connectivity index (χ3v) is 1.62. The van der Waals surface area contributed by atoms with Crippen molar-refractivity contribution in [2.24, 2.45) is 4.99 Å². The Morgan fingerprint density at radius 2 is 2.08 bits per heavy atom. The molecule has 0 spiro atoms. The summed E-state index contributed by atoms with van der Waals surface area (Å²) >= 11 is 0. The molecular formula is C8H11NO3. The molecule has 66 valence electrons. The number of carboxylic acid groups (broad SMARTS) is 1.